The van der Waals surface area contributed by atoms with Crippen LogP contribution in [0.3, 0.4) is 0 Å². The lowest BCUT2D eigenvalue weighted by Crippen LogP contribution is -2.37. The molecule has 7 heteroatoms. The first-order valence-electron chi connectivity index (χ1n) is 6.79. The maximum Gasteiger partial charge on any atom is 0.250 e. The molecule has 118 valence electrons. The molecule has 0 radical (unpaired) electrons. The Hall–Kier alpha value is -1.70. The minimum Gasteiger partial charge on any atom is -0.311 e. The molecule has 22 heavy (non-hydrogen) atoms. The van der Waals surface area contributed by atoms with E-state index in [1.807, 2.05) is 37.3 Å². The minimum atomic E-state index is -3.51. The van der Waals surface area contributed by atoms with E-state index < -0.39 is 10.0 Å². The molecule has 5 nitrogen and oxygen atoms in total. The van der Waals surface area contributed by atoms with Crippen LogP contribution in [0.15, 0.2) is 46.7 Å². The number of aryl methyl sites for hydroxylation is 1. The van der Waals surface area contributed by atoms with Crippen LogP contribution in [-0.4, -0.2) is 27.4 Å². The van der Waals surface area contributed by atoms with Crippen LogP contribution in [0.4, 0.5) is 5.69 Å². The SMILES string of the molecule is CC(=O)N(CCNS(=O)(=O)c1ccc(C)s1)c1ccccc1. The summed E-state index contributed by atoms with van der Waals surface area (Å²) < 4.78 is 27.1. The van der Waals surface area contributed by atoms with Crippen molar-refractivity contribution in [2.24, 2.45) is 0 Å². The van der Waals surface area contributed by atoms with Gasteiger partial charge in [0, 0.05) is 30.6 Å². The lowest BCUT2D eigenvalue weighted by molar-refractivity contribution is -0.116. The van der Waals surface area contributed by atoms with Crippen LogP contribution in [0.25, 0.3) is 0 Å². The van der Waals surface area contributed by atoms with Gasteiger partial charge >= 0.3 is 0 Å². The zero-order valence-electron chi connectivity index (χ0n) is 12.4. The van der Waals surface area contributed by atoms with E-state index in [1.54, 1.807) is 17.0 Å². The Balaban J connectivity index is 2.01. The van der Waals surface area contributed by atoms with Gasteiger partial charge in [-0.15, -0.1) is 11.3 Å². The number of carbonyl (C=O) groups excluding carboxylic acids is 1. The van der Waals surface area contributed by atoms with Crippen LogP contribution < -0.4 is 9.62 Å². The quantitative estimate of drug-likeness (QED) is 0.879. The van der Waals surface area contributed by atoms with Crippen LogP contribution >= 0.6 is 11.3 Å². The molecule has 0 aliphatic heterocycles. The Labute approximate surface area is 134 Å². The van der Waals surface area contributed by atoms with Crippen LogP contribution in [0.5, 0.6) is 0 Å². The molecular weight excluding hydrogens is 320 g/mol. The summed E-state index contributed by atoms with van der Waals surface area (Å²) in [6.07, 6.45) is 0. The molecule has 0 aliphatic rings. The monoisotopic (exact) mass is 338 g/mol. The van der Waals surface area contributed by atoms with Gasteiger partial charge < -0.3 is 4.90 Å². The maximum atomic E-state index is 12.1. The molecule has 1 aromatic carbocycles. The molecule has 0 aliphatic carbocycles. The molecular formula is C15H18N2O3S2. The van der Waals surface area contributed by atoms with Gasteiger partial charge in [0.05, 0.1) is 0 Å². The summed E-state index contributed by atoms with van der Waals surface area (Å²) in [4.78, 5) is 14.2. The molecule has 0 spiro atoms. The number of anilines is 1. The second kappa shape index (κ2) is 7.04. The predicted molar refractivity (Wildman–Crippen MR) is 88.7 cm³/mol. The Bertz CT molecular complexity index is 739. The third kappa shape index (κ3) is 4.16. The van der Waals surface area contributed by atoms with Crippen molar-refractivity contribution in [2.75, 3.05) is 18.0 Å². The molecule has 1 heterocycles. The summed E-state index contributed by atoms with van der Waals surface area (Å²) in [5.41, 5.74) is 0.751. The minimum absolute atomic E-state index is 0.127. The highest BCUT2D eigenvalue weighted by Gasteiger charge is 2.17. The smallest absolute Gasteiger partial charge is 0.250 e. The van der Waals surface area contributed by atoms with E-state index >= 15 is 0 Å². The molecule has 2 aromatic rings. The van der Waals surface area contributed by atoms with Gasteiger partial charge in [-0.05, 0) is 31.2 Å². The Morgan fingerprint density at radius 1 is 1.18 bits per heavy atom. The zero-order valence-corrected chi connectivity index (χ0v) is 14.1. The number of amides is 1. The number of rotatable bonds is 6. The van der Waals surface area contributed by atoms with E-state index in [1.165, 1.54) is 18.3 Å². The maximum absolute atomic E-state index is 12.1. The van der Waals surface area contributed by atoms with Crippen molar-refractivity contribution in [2.45, 2.75) is 18.1 Å². The highest BCUT2D eigenvalue weighted by atomic mass is 32.2. The topological polar surface area (TPSA) is 66.5 Å². The van der Waals surface area contributed by atoms with Crippen molar-refractivity contribution in [3.05, 3.63) is 47.3 Å². The van der Waals surface area contributed by atoms with Gasteiger partial charge in [-0.1, -0.05) is 18.2 Å². The van der Waals surface area contributed by atoms with Crippen molar-refractivity contribution in [3.8, 4) is 0 Å². The fourth-order valence-electron chi connectivity index (χ4n) is 2.00. The zero-order chi connectivity index (χ0) is 16.2. The van der Waals surface area contributed by atoms with Gasteiger partial charge in [0.2, 0.25) is 15.9 Å². The second-order valence-corrected chi connectivity index (χ2v) is 8.05. The van der Waals surface area contributed by atoms with Gasteiger partial charge in [0.15, 0.2) is 0 Å². The van der Waals surface area contributed by atoms with Gasteiger partial charge in [0.1, 0.15) is 4.21 Å². The summed E-state index contributed by atoms with van der Waals surface area (Å²) in [7, 11) is -3.51. The second-order valence-electron chi connectivity index (χ2n) is 4.77. The number of thiophene rings is 1. The molecule has 0 fully saturated rings. The summed E-state index contributed by atoms with van der Waals surface area (Å²) in [5, 5.41) is 0. The van der Waals surface area contributed by atoms with Crippen LogP contribution in [0, 0.1) is 6.92 Å². The summed E-state index contributed by atoms with van der Waals surface area (Å²) in [6.45, 7) is 3.76. The standard InChI is InChI=1S/C15H18N2O3S2/c1-12-8-9-15(21-12)22(19,20)16-10-11-17(13(2)18)14-6-4-3-5-7-14/h3-9,16H,10-11H2,1-2H3. The highest BCUT2D eigenvalue weighted by Crippen LogP contribution is 2.20. The lowest BCUT2D eigenvalue weighted by atomic mass is 10.3. The molecule has 0 bridgehead atoms. The molecule has 1 amide bonds. The largest absolute Gasteiger partial charge is 0.311 e. The van der Waals surface area contributed by atoms with E-state index in [0.29, 0.717) is 4.21 Å². The van der Waals surface area contributed by atoms with Crippen LogP contribution in [0.2, 0.25) is 0 Å². The molecule has 0 saturated heterocycles. The van der Waals surface area contributed by atoms with Crippen molar-refractivity contribution in [1.82, 2.24) is 4.72 Å². The Morgan fingerprint density at radius 2 is 1.86 bits per heavy atom. The number of hydrogen-bond acceptors (Lipinski definition) is 4. The average Bonchev–Trinajstić information content (AvgIpc) is 2.91. The van der Waals surface area contributed by atoms with Crippen molar-refractivity contribution in [3.63, 3.8) is 0 Å². The molecule has 1 N–H and O–H groups in total. The normalized spacial score (nSPS) is 11.4. The number of carbonyl (C=O) groups is 1. The first-order chi connectivity index (χ1) is 10.4. The van der Waals surface area contributed by atoms with Gasteiger partial charge in [-0.2, -0.15) is 0 Å². The van der Waals surface area contributed by atoms with E-state index in [0.717, 1.165) is 10.6 Å². The van der Waals surface area contributed by atoms with Crippen LogP contribution in [-0.2, 0) is 14.8 Å². The van der Waals surface area contributed by atoms with Gasteiger partial charge in [-0.3, -0.25) is 4.79 Å². The first kappa shape index (κ1) is 16.7. The predicted octanol–water partition coefficient (Wildman–Crippen LogP) is 2.39. The Morgan fingerprint density at radius 3 is 2.41 bits per heavy atom. The third-order valence-corrected chi connectivity index (χ3v) is 6.01. The van der Waals surface area contributed by atoms with Crippen LogP contribution in [0.1, 0.15) is 11.8 Å². The van der Waals surface area contributed by atoms with Crippen molar-refractivity contribution in [1.29, 1.82) is 0 Å². The van der Waals surface area contributed by atoms with E-state index in [4.69, 9.17) is 0 Å². The number of sulfonamides is 1. The average molecular weight is 338 g/mol. The van der Waals surface area contributed by atoms with E-state index in [2.05, 4.69) is 4.72 Å². The fourth-order valence-corrected chi connectivity index (χ4v) is 4.34. The summed E-state index contributed by atoms with van der Waals surface area (Å²) >= 11 is 1.23. The summed E-state index contributed by atoms with van der Waals surface area (Å²) in [5.74, 6) is -0.127. The third-order valence-electron chi connectivity index (χ3n) is 3.06. The lowest BCUT2D eigenvalue weighted by Gasteiger charge is -2.21. The van der Waals surface area contributed by atoms with Gasteiger partial charge in [0.25, 0.3) is 0 Å². The Kier molecular flexibility index (Phi) is 5.33. The number of para-hydroxylation sites is 1. The molecule has 1 aromatic heterocycles. The first-order valence-corrected chi connectivity index (χ1v) is 9.09. The summed E-state index contributed by atoms with van der Waals surface area (Å²) in [6, 6.07) is 12.5. The molecule has 2 rings (SSSR count). The van der Waals surface area contributed by atoms with Crippen molar-refractivity contribution >= 4 is 33.0 Å². The van der Waals surface area contributed by atoms with E-state index in [9.17, 15) is 13.2 Å². The van der Waals surface area contributed by atoms with Gasteiger partial charge in [-0.25, -0.2) is 13.1 Å². The number of nitrogens with zero attached hydrogens (tertiary/aromatic N) is 1. The molecule has 0 saturated carbocycles. The number of nitrogens with one attached hydrogen (secondary N) is 1. The number of hydrogen-bond donors (Lipinski definition) is 1. The van der Waals surface area contributed by atoms with E-state index in [-0.39, 0.29) is 19.0 Å². The number of benzene rings is 1. The fraction of sp³-hybridized carbons (Fsp3) is 0.267. The molecule has 0 unspecified atom stereocenters. The van der Waals surface area contributed by atoms with Crippen molar-refractivity contribution < 1.29 is 13.2 Å². The highest BCUT2D eigenvalue weighted by molar-refractivity contribution is 7.91. The molecule has 0 atom stereocenters.